The van der Waals surface area contributed by atoms with Crippen LogP contribution < -0.4 is 10.9 Å². The number of aromatic nitrogens is 1. The van der Waals surface area contributed by atoms with E-state index < -0.39 is 0 Å². The maximum Gasteiger partial charge on any atom is 0.250 e. The first kappa shape index (κ1) is 14.5. The molecule has 1 aromatic heterocycles. The normalized spacial score (nSPS) is 10.7. The summed E-state index contributed by atoms with van der Waals surface area (Å²) >= 11 is 0. The van der Waals surface area contributed by atoms with E-state index in [1.165, 1.54) is 0 Å². The van der Waals surface area contributed by atoms with Crippen molar-refractivity contribution >= 4 is 5.91 Å². The third-order valence-corrected chi connectivity index (χ3v) is 2.64. The van der Waals surface area contributed by atoms with Gasteiger partial charge < -0.3 is 9.88 Å². The summed E-state index contributed by atoms with van der Waals surface area (Å²) in [6.07, 6.45) is 3.13. The van der Waals surface area contributed by atoms with Crippen molar-refractivity contribution in [3.63, 3.8) is 0 Å². The van der Waals surface area contributed by atoms with E-state index in [0.717, 1.165) is 12.0 Å². The molecule has 0 unspecified atom stereocenters. The lowest BCUT2D eigenvalue weighted by atomic mass is 10.1. The Labute approximate surface area is 108 Å². The first-order valence-electron chi connectivity index (χ1n) is 6.43. The number of nitrogens with zero attached hydrogens (tertiary/aromatic N) is 1. The van der Waals surface area contributed by atoms with E-state index in [-0.39, 0.29) is 11.5 Å². The Morgan fingerprint density at radius 2 is 2.17 bits per heavy atom. The minimum atomic E-state index is 0.0171. The lowest BCUT2D eigenvalue weighted by Crippen LogP contribution is -2.27. The van der Waals surface area contributed by atoms with Crippen LogP contribution >= 0.6 is 0 Å². The van der Waals surface area contributed by atoms with Crippen molar-refractivity contribution in [2.45, 2.75) is 40.2 Å². The summed E-state index contributed by atoms with van der Waals surface area (Å²) in [6, 6.07) is 3.54. The molecule has 0 bridgehead atoms. The molecule has 0 saturated carbocycles. The van der Waals surface area contributed by atoms with Crippen molar-refractivity contribution in [1.82, 2.24) is 9.88 Å². The van der Waals surface area contributed by atoms with Crippen LogP contribution in [0.1, 0.15) is 32.3 Å². The van der Waals surface area contributed by atoms with E-state index in [1.807, 2.05) is 26.8 Å². The quantitative estimate of drug-likeness (QED) is 0.781. The van der Waals surface area contributed by atoms with Crippen LogP contribution in [0, 0.1) is 12.8 Å². The van der Waals surface area contributed by atoms with E-state index >= 15 is 0 Å². The van der Waals surface area contributed by atoms with E-state index in [9.17, 15) is 9.59 Å². The Morgan fingerprint density at radius 3 is 2.78 bits per heavy atom. The van der Waals surface area contributed by atoms with Crippen molar-refractivity contribution in [2.24, 2.45) is 5.92 Å². The molecule has 1 aromatic rings. The minimum Gasteiger partial charge on any atom is -0.356 e. The SMILES string of the molecule is Cc1ccn(CCCNC(=O)CC(C)C)c(=O)c1. The molecule has 1 heterocycles. The Hall–Kier alpha value is -1.58. The van der Waals surface area contributed by atoms with Gasteiger partial charge in [-0.25, -0.2) is 0 Å². The highest BCUT2D eigenvalue weighted by Gasteiger charge is 2.03. The molecule has 1 rings (SSSR count). The second kappa shape index (κ2) is 6.99. The fourth-order valence-electron chi connectivity index (χ4n) is 1.71. The van der Waals surface area contributed by atoms with Crippen LogP contribution in [0.2, 0.25) is 0 Å². The summed E-state index contributed by atoms with van der Waals surface area (Å²) in [5.41, 5.74) is 0.991. The van der Waals surface area contributed by atoms with Crippen molar-refractivity contribution in [3.05, 3.63) is 34.2 Å². The van der Waals surface area contributed by atoms with Gasteiger partial charge in [0.15, 0.2) is 0 Å². The van der Waals surface area contributed by atoms with Gasteiger partial charge in [-0.05, 0) is 30.9 Å². The van der Waals surface area contributed by atoms with Crippen LogP contribution in [0.4, 0.5) is 0 Å². The fraction of sp³-hybridized carbons (Fsp3) is 0.571. The summed E-state index contributed by atoms with van der Waals surface area (Å²) in [7, 11) is 0. The van der Waals surface area contributed by atoms with Gasteiger partial charge in [-0.1, -0.05) is 13.8 Å². The topological polar surface area (TPSA) is 51.1 Å². The number of carbonyl (C=O) groups is 1. The predicted octanol–water partition coefficient (Wildman–Crippen LogP) is 1.71. The number of amides is 1. The number of pyridine rings is 1. The van der Waals surface area contributed by atoms with Gasteiger partial charge in [0.05, 0.1) is 0 Å². The van der Waals surface area contributed by atoms with E-state index in [0.29, 0.717) is 25.4 Å². The van der Waals surface area contributed by atoms with Crippen molar-refractivity contribution in [2.75, 3.05) is 6.54 Å². The summed E-state index contributed by atoms with van der Waals surface area (Å²) in [6.45, 7) is 7.20. The van der Waals surface area contributed by atoms with E-state index in [1.54, 1.807) is 16.8 Å². The van der Waals surface area contributed by atoms with Crippen LogP contribution in [0.15, 0.2) is 23.1 Å². The molecule has 0 spiro atoms. The van der Waals surface area contributed by atoms with Gasteiger partial charge in [0.2, 0.25) is 5.91 Å². The second-order valence-corrected chi connectivity index (χ2v) is 5.04. The molecular formula is C14H22N2O2. The zero-order valence-corrected chi connectivity index (χ0v) is 11.4. The molecule has 0 aliphatic rings. The minimum absolute atomic E-state index is 0.0171. The highest BCUT2D eigenvalue weighted by molar-refractivity contribution is 5.75. The van der Waals surface area contributed by atoms with Gasteiger partial charge >= 0.3 is 0 Å². The maximum atomic E-state index is 11.6. The highest BCUT2D eigenvalue weighted by atomic mass is 16.1. The molecule has 0 saturated heterocycles. The molecule has 0 aromatic carbocycles. The lowest BCUT2D eigenvalue weighted by Gasteiger charge is -2.08. The van der Waals surface area contributed by atoms with Gasteiger partial charge in [0.25, 0.3) is 5.56 Å². The van der Waals surface area contributed by atoms with Crippen molar-refractivity contribution < 1.29 is 4.79 Å². The zero-order chi connectivity index (χ0) is 13.5. The molecular weight excluding hydrogens is 228 g/mol. The highest BCUT2D eigenvalue weighted by Crippen LogP contribution is 1.98. The monoisotopic (exact) mass is 250 g/mol. The predicted molar refractivity (Wildman–Crippen MR) is 72.5 cm³/mol. The molecule has 0 fully saturated rings. The molecule has 0 atom stereocenters. The molecule has 0 aliphatic carbocycles. The first-order valence-corrected chi connectivity index (χ1v) is 6.43. The number of rotatable bonds is 6. The largest absolute Gasteiger partial charge is 0.356 e. The summed E-state index contributed by atoms with van der Waals surface area (Å²) in [5.74, 6) is 0.464. The van der Waals surface area contributed by atoms with E-state index in [2.05, 4.69) is 5.32 Å². The van der Waals surface area contributed by atoms with Crippen LogP contribution in [-0.2, 0) is 11.3 Å². The Bertz CT molecular complexity index is 449. The van der Waals surface area contributed by atoms with Crippen LogP contribution in [-0.4, -0.2) is 17.0 Å². The zero-order valence-electron chi connectivity index (χ0n) is 11.4. The number of aryl methyl sites for hydroxylation is 2. The Balaban J connectivity index is 2.30. The molecule has 1 N–H and O–H groups in total. The second-order valence-electron chi connectivity index (χ2n) is 5.04. The van der Waals surface area contributed by atoms with E-state index in [4.69, 9.17) is 0 Å². The smallest absolute Gasteiger partial charge is 0.250 e. The summed E-state index contributed by atoms with van der Waals surface area (Å²) in [4.78, 5) is 23.0. The average Bonchev–Trinajstić information content (AvgIpc) is 2.25. The molecule has 100 valence electrons. The molecule has 4 heteroatoms. The van der Waals surface area contributed by atoms with Crippen molar-refractivity contribution in [1.29, 1.82) is 0 Å². The van der Waals surface area contributed by atoms with Crippen LogP contribution in [0.3, 0.4) is 0 Å². The first-order chi connectivity index (χ1) is 8.49. The molecule has 0 radical (unpaired) electrons. The molecule has 1 amide bonds. The van der Waals surface area contributed by atoms with Crippen LogP contribution in [0.5, 0.6) is 0 Å². The maximum absolute atomic E-state index is 11.6. The lowest BCUT2D eigenvalue weighted by molar-refractivity contribution is -0.121. The average molecular weight is 250 g/mol. The summed E-state index contributed by atoms with van der Waals surface area (Å²) < 4.78 is 1.67. The Morgan fingerprint density at radius 1 is 1.44 bits per heavy atom. The fourth-order valence-corrected chi connectivity index (χ4v) is 1.71. The third-order valence-electron chi connectivity index (χ3n) is 2.64. The Kier molecular flexibility index (Phi) is 5.62. The van der Waals surface area contributed by atoms with Gasteiger partial charge in [-0.2, -0.15) is 0 Å². The standard InChI is InChI=1S/C14H22N2O2/c1-11(2)9-13(17)15-6-4-7-16-8-5-12(3)10-14(16)18/h5,8,10-11H,4,6-7,9H2,1-3H3,(H,15,17). The van der Waals surface area contributed by atoms with Crippen molar-refractivity contribution in [3.8, 4) is 0 Å². The van der Waals surface area contributed by atoms with Crippen LogP contribution in [0.25, 0.3) is 0 Å². The third kappa shape index (κ3) is 5.17. The molecule has 18 heavy (non-hydrogen) atoms. The van der Waals surface area contributed by atoms with Gasteiger partial charge in [-0.3, -0.25) is 9.59 Å². The number of carbonyl (C=O) groups excluding carboxylic acids is 1. The number of hydrogen-bond donors (Lipinski definition) is 1. The summed E-state index contributed by atoms with van der Waals surface area (Å²) in [5, 5.41) is 2.86. The van der Waals surface area contributed by atoms with Gasteiger partial charge in [0.1, 0.15) is 0 Å². The molecule has 4 nitrogen and oxygen atoms in total. The number of hydrogen-bond acceptors (Lipinski definition) is 2. The molecule has 0 aliphatic heterocycles. The number of nitrogens with one attached hydrogen (secondary N) is 1. The van der Waals surface area contributed by atoms with Gasteiger partial charge in [-0.15, -0.1) is 0 Å². The van der Waals surface area contributed by atoms with Gasteiger partial charge in [0, 0.05) is 31.8 Å².